The van der Waals surface area contributed by atoms with E-state index in [0.717, 1.165) is 30.6 Å². The van der Waals surface area contributed by atoms with Gasteiger partial charge in [0.25, 0.3) is 0 Å². The summed E-state index contributed by atoms with van der Waals surface area (Å²) in [5.74, 6) is 0.911. The molecular weight excluding hydrogens is 345 g/mol. The highest BCUT2D eigenvalue weighted by Crippen LogP contribution is 2.23. The Morgan fingerprint density at radius 2 is 1.71 bits per heavy atom. The predicted molar refractivity (Wildman–Crippen MR) is 99.1 cm³/mol. The van der Waals surface area contributed by atoms with Crippen molar-refractivity contribution in [3.63, 3.8) is 0 Å². The molecule has 0 aliphatic rings. The van der Waals surface area contributed by atoms with Gasteiger partial charge < -0.3 is 10.1 Å². The predicted octanol–water partition coefficient (Wildman–Crippen LogP) is 4.68. The lowest BCUT2D eigenvalue weighted by atomic mass is 10.1. The van der Waals surface area contributed by atoms with Crippen molar-refractivity contribution >= 4 is 29.1 Å². The number of ether oxygens (including phenoxy) is 1. The molecule has 0 aliphatic heterocycles. The number of halogens is 2. The second-order valence-electron chi connectivity index (χ2n) is 5.55. The molecule has 3 nitrogen and oxygen atoms in total. The number of nitrogens with one attached hydrogen (secondary N) is 1. The Bertz CT molecular complexity index is 672. The van der Waals surface area contributed by atoms with Crippen LogP contribution in [0.25, 0.3) is 0 Å². The number of amides is 1. The van der Waals surface area contributed by atoms with E-state index in [9.17, 15) is 4.79 Å². The average molecular weight is 366 g/mol. The highest BCUT2D eigenvalue weighted by molar-refractivity contribution is 6.42. The Labute approximate surface area is 152 Å². The van der Waals surface area contributed by atoms with E-state index >= 15 is 0 Å². The Balaban J connectivity index is 1.64. The number of benzene rings is 2. The molecule has 0 spiro atoms. The fourth-order valence-corrected chi connectivity index (χ4v) is 2.70. The molecule has 0 saturated heterocycles. The molecule has 128 valence electrons. The Kier molecular flexibility index (Phi) is 7.41. The molecule has 0 aliphatic carbocycles. The molecule has 2 rings (SSSR count). The molecule has 0 heterocycles. The van der Waals surface area contributed by atoms with Crippen molar-refractivity contribution < 1.29 is 9.53 Å². The van der Waals surface area contributed by atoms with Gasteiger partial charge in [0.05, 0.1) is 17.2 Å². The second kappa shape index (κ2) is 9.55. The van der Waals surface area contributed by atoms with Gasteiger partial charge in [-0.15, -0.1) is 0 Å². The first-order chi connectivity index (χ1) is 11.6. The van der Waals surface area contributed by atoms with Gasteiger partial charge in [-0.05, 0) is 54.7 Å². The molecule has 2 aromatic rings. The van der Waals surface area contributed by atoms with Crippen LogP contribution >= 0.6 is 23.2 Å². The van der Waals surface area contributed by atoms with E-state index < -0.39 is 0 Å². The zero-order chi connectivity index (χ0) is 17.4. The van der Waals surface area contributed by atoms with E-state index in [4.69, 9.17) is 27.9 Å². The van der Waals surface area contributed by atoms with Gasteiger partial charge in [-0.1, -0.05) is 41.4 Å². The van der Waals surface area contributed by atoms with Crippen molar-refractivity contribution in [1.82, 2.24) is 5.32 Å². The van der Waals surface area contributed by atoms with Crippen LogP contribution in [0.1, 0.15) is 24.0 Å². The molecule has 0 fully saturated rings. The lowest BCUT2D eigenvalue weighted by Crippen LogP contribution is -2.25. The number of carbonyl (C=O) groups is 1. The summed E-state index contributed by atoms with van der Waals surface area (Å²) < 4.78 is 5.12. The first-order valence-corrected chi connectivity index (χ1v) is 8.67. The third kappa shape index (κ3) is 6.06. The molecule has 0 aromatic heterocycles. The van der Waals surface area contributed by atoms with Gasteiger partial charge in [-0.2, -0.15) is 0 Å². The van der Waals surface area contributed by atoms with Gasteiger partial charge in [0.2, 0.25) is 5.91 Å². The number of hydrogen-bond acceptors (Lipinski definition) is 2. The van der Waals surface area contributed by atoms with Gasteiger partial charge in [0, 0.05) is 13.0 Å². The molecule has 0 atom stereocenters. The number of hydrogen-bond donors (Lipinski definition) is 1. The molecule has 1 amide bonds. The molecule has 5 heteroatoms. The Morgan fingerprint density at radius 1 is 1.00 bits per heavy atom. The highest BCUT2D eigenvalue weighted by Gasteiger charge is 2.04. The van der Waals surface area contributed by atoms with Crippen molar-refractivity contribution in [2.24, 2.45) is 0 Å². The molecule has 0 unspecified atom stereocenters. The third-order valence-corrected chi connectivity index (χ3v) is 4.49. The number of methoxy groups -OCH3 is 1. The van der Waals surface area contributed by atoms with Crippen molar-refractivity contribution in [1.29, 1.82) is 0 Å². The topological polar surface area (TPSA) is 38.3 Å². The number of carbonyl (C=O) groups excluding carboxylic acids is 1. The average Bonchev–Trinajstić information content (AvgIpc) is 2.59. The van der Waals surface area contributed by atoms with Crippen LogP contribution in [0.4, 0.5) is 0 Å². The fourth-order valence-electron chi connectivity index (χ4n) is 2.38. The quantitative estimate of drug-likeness (QED) is 0.737. The summed E-state index contributed by atoms with van der Waals surface area (Å²) in [4.78, 5) is 11.9. The van der Waals surface area contributed by atoms with Crippen LogP contribution in [0.3, 0.4) is 0 Å². The molecule has 24 heavy (non-hydrogen) atoms. The van der Waals surface area contributed by atoms with Gasteiger partial charge in [0.1, 0.15) is 5.75 Å². The largest absolute Gasteiger partial charge is 0.497 e. The van der Waals surface area contributed by atoms with E-state index in [1.165, 1.54) is 5.56 Å². The zero-order valence-corrected chi connectivity index (χ0v) is 15.2. The van der Waals surface area contributed by atoms with E-state index in [1.807, 2.05) is 36.4 Å². The summed E-state index contributed by atoms with van der Waals surface area (Å²) in [5, 5.41) is 4.06. The highest BCUT2D eigenvalue weighted by atomic mass is 35.5. The minimum atomic E-state index is 0.0728. The minimum Gasteiger partial charge on any atom is -0.497 e. The second-order valence-corrected chi connectivity index (χ2v) is 6.36. The van der Waals surface area contributed by atoms with E-state index in [2.05, 4.69) is 5.32 Å². The maximum Gasteiger partial charge on any atom is 0.220 e. The Hall–Kier alpha value is -1.71. The third-order valence-electron chi connectivity index (χ3n) is 3.75. The molecule has 1 N–H and O–H groups in total. The Morgan fingerprint density at radius 3 is 2.38 bits per heavy atom. The normalized spacial score (nSPS) is 10.5. The summed E-state index contributed by atoms with van der Waals surface area (Å²) in [6, 6.07) is 13.4. The summed E-state index contributed by atoms with van der Waals surface area (Å²) in [5.41, 5.74) is 2.27. The van der Waals surface area contributed by atoms with E-state index in [1.54, 1.807) is 13.2 Å². The van der Waals surface area contributed by atoms with Gasteiger partial charge in [-0.3, -0.25) is 4.79 Å². The van der Waals surface area contributed by atoms with Crippen LogP contribution in [0.2, 0.25) is 10.0 Å². The SMILES string of the molecule is COc1ccc(CCNC(=O)CCCc2ccc(Cl)c(Cl)c2)cc1. The molecule has 0 saturated carbocycles. The zero-order valence-electron chi connectivity index (χ0n) is 13.6. The van der Waals surface area contributed by atoms with Crippen LogP contribution in [0, 0.1) is 0 Å². The molecule has 0 radical (unpaired) electrons. The monoisotopic (exact) mass is 365 g/mol. The maximum absolute atomic E-state index is 11.9. The summed E-state index contributed by atoms with van der Waals surface area (Å²) in [6.45, 7) is 0.637. The van der Waals surface area contributed by atoms with Crippen LogP contribution in [0.15, 0.2) is 42.5 Å². The van der Waals surface area contributed by atoms with Crippen LogP contribution in [-0.2, 0) is 17.6 Å². The van der Waals surface area contributed by atoms with Gasteiger partial charge in [-0.25, -0.2) is 0 Å². The summed E-state index contributed by atoms with van der Waals surface area (Å²) in [7, 11) is 1.65. The smallest absolute Gasteiger partial charge is 0.220 e. The van der Waals surface area contributed by atoms with Crippen molar-refractivity contribution in [2.45, 2.75) is 25.7 Å². The summed E-state index contributed by atoms with van der Waals surface area (Å²) >= 11 is 11.9. The lowest BCUT2D eigenvalue weighted by Gasteiger charge is -2.07. The van der Waals surface area contributed by atoms with Crippen molar-refractivity contribution in [3.05, 3.63) is 63.6 Å². The van der Waals surface area contributed by atoms with Gasteiger partial charge >= 0.3 is 0 Å². The maximum atomic E-state index is 11.9. The summed E-state index contributed by atoms with van der Waals surface area (Å²) in [6.07, 6.45) is 2.90. The van der Waals surface area contributed by atoms with Crippen LogP contribution in [0.5, 0.6) is 5.75 Å². The number of rotatable bonds is 8. The lowest BCUT2D eigenvalue weighted by molar-refractivity contribution is -0.121. The molecular formula is C19H21Cl2NO2. The van der Waals surface area contributed by atoms with E-state index in [0.29, 0.717) is 23.0 Å². The fraction of sp³-hybridized carbons (Fsp3) is 0.316. The molecule has 2 aromatic carbocycles. The first-order valence-electron chi connectivity index (χ1n) is 7.92. The number of aryl methyl sites for hydroxylation is 1. The minimum absolute atomic E-state index is 0.0728. The van der Waals surface area contributed by atoms with Gasteiger partial charge in [0.15, 0.2) is 0 Å². The molecule has 0 bridgehead atoms. The van der Waals surface area contributed by atoms with Crippen LogP contribution in [-0.4, -0.2) is 19.6 Å². The standard InChI is InChI=1S/C19H21Cl2NO2/c1-24-16-8-5-14(6-9-16)11-12-22-19(23)4-2-3-15-7-10-17(20)18(21)13-15/h5-10,13H,2-4,11-12H2,1H3,(H,22,23). The first kappa shape index (κ1) is 18.6. The van der Waals surface area contributed by atoms with Crippen LogP contribution < -0.4 is 10.1 Å². The van der Waals surface area contributed by atoms with E-state index in [-0.39, 0.29) is 5.91 Å². The van der Waals surface area contributed by atoms with Crippen molar-refractivity contribution in [2.75, 3.05) is 13.7 Å². The van der Waals surface area contributed by atoms with Crippen molar-refractivity contribution in [3.8, 4) is 5.75 Å².